The zero-order valence-corrected chi connectivity index (χ0v) is 21.6. The Kier molecular flexibility index (Phi) is 10.1. The summed E-state index contributed by atoms with van der Waals surface area (Å²) in [6.45, 7) is 11.4. The molecule has 188 valence electrons. The number of nitrogens with zero attached hydrogens (tertiary/aromatic N) is 2. The van der Waals surface area contributed by atoms with Crippen molar-refractivity contribution >= 4 is 46.8 Å². The first-order chi connectivity index (χ1) is 16.0. The summed E-state index contributed by atoms with van der Waals surface area (Å²) in [5.41, 5.74) is 6.86. The lowest BCUT2D eigenvalue weighted by molar-refractivity contribution is -0.127. The van der Waals surface area contributed by atoms with Gasteiger partial charge in [0.1, 0.15) is 11.4 Å². The van der Waals surface area contributed by atoms with Crippen LogP contribution in [0.15, 0.2) is 16.6 Å². The largest absolute Gasteiger partial charge is 0.444 e. The first-order valence-electron chi connectivity index (χ1n) is 11.7. The van der Waals surface area contributed by atoms with E-state index in [1.165, 1.54) is 11.3 Å². The van der Waals surface area contributed by atoms with Gasteiger partial charge in [-0.25, -0.2) is 9.79 Å². The van der Waals surface area contributed by atoms with Crippen LogP contribution in [0.25, 0.3) is 6.08 Å². The van der Waals surface area contributed by atoms with Crippen molar-refractivity contribution in [2.45, 2.75) is 72.4 Å². The number of hydrogen-bond acceptors (Lipinski definition) is 7. The third-order valence-corrected chi connectivity index (χ3v) is 5.83. The number of amides is 3. The van der Waals surface area contributed by atoms with E-state index in [9.17, 15) is 14.4 Å². The second kappa shape index (κ2) is 12.5. The summed E-state index contributed by atoms with van der Waals surface area (Å²) in [6.07, 6.45) is 3.57. The highest BCUT2D eigenvalue weighted by molar-refractivity contribution is 7.13. The maximum Gasteiger partial charge on any atom is 0.407 e. The first-order valence-corrected chi connectivity index (χ1v) is 12.5. The SMILES string of the molecule is CCCN(CCC)C(=O)C1=Cc2sc(CNC(=O)CCNC(=O)OC(C)(C)C)cc2N=C(N)C1. The van der Waals surface area contributed by atoms with Crippen LogP contribution in [-0.2, 0) is 20.9 Å². The molecule has 0 unspecified atom stereocenters. The maximum absolute atomic E-state index is 13.1. The molecule has 34 heavy (non-hydrogen) atoms. The summed E-state index contributed by atoms with van der Waals surface area (Å²) >= 11 is 1.47. The molecule has 1 aliphatic rings. The number of fused-ring (bicyclic) bond motifs is 1. The van der Waals surface area contributed by atoms with E-state index >= 15 is 0 Å². The van der Waals surface area contributed by atoms with Crippen LogP contribution in [0, 0.1) is 0 Å². The highest BCUT2D eigenvalue weighted by Gasteiger charge is 2.22. The van der Waals surface area contributed by atoms with E-state index in [0.717, 1.165) is 22.6 Å². The van der Waals surface area contributed by atoms with Crippen LogP contribution in [0.3, 0.4) is 0 Å². The molecule has 10 heteroatoms. The summed E-state index contributed by atoms with van der Waals surface area (Å²) in [7, 11) is 0. The van der Waals surface area contributed by atoms with E-state index in [-0.39, 0.29) is 24.8 Å². The number of nitrogens with two attached hydrogens (primary N) is 1. The van der Waals surface area contributed by atoms with E-state index in [2.05, 4.69) is 29.5 Å². The topological polar surface area (TPSA) is 126 Å². The van der Waals surface area contributed by atoms with Crippen LogP contribution < -0.4 is 16.4 Å². The summed E-state index contributed by atoms with van der Waals surface area (Å²) in [5, 5.41) is 5.41. The summed E-state index contributed by atoms with van der Waals surface area (Å²) < 4.78 is 5.15. The number of thiophene rings is 1. The summed E-state index contributed by atoms with van der Waals surface area (Å²) in [5.74, 6) is 0.201. The number of alkyl carbamates (subject to hydrolysis) is 1. The fourth-order valence-electron chi connectivity index (χ4n) is 3.38. The van der Waals surface area contributed by atoms with Crippen molar-refractivity contribution in [3.63, 3.8) is 0 Å². The third kappa shape index (κ3) is 8.81. The van der Waals surface area contributed by atoms with Gasteiger partial charge < -0.3 is 26.0 Å². The van der Waals surface area contributed by atoms with Gasteiger partial charge in [-0.1, -0.05) is 13.8 Å². The molecule has 0 aromatic carbocycles. The van der Waals surface area contributed by atoms with Crippen molar-refractivity contribution in [2.24, 2.45) is 10.7 Å². The molecule has 0 saturated carbocycles. The first kappa shape index (κ1) is 27.4. The second-order valence-electron chi connectivity index (χ2n) is 9.16. The standard InChI is InChI=1S/C24H37N5O4S/c1-6-10-29(11-7-2)22(31)16-12-19-18(28-20(25)13-16)14-17(34-19)15-27-21(30)8-9-26-23(32)33-24(3,4)5/h12,14H,6-11,13,15H2,1-5H3,(H2,25,28)(H,26,32)(H,27,30). The number of rotatable bonds is 10. The molecule has 0 bridgehead atoms. The Labute approximate surface area is 205 Å². The van der Waals surface area contributed by atoms with Crippen LogP contribution in [0.4, 0.5) is 10.5 Å². The van der Waals surface area contributed by atoms with Gasteiger partial charge in [-0.15, -0.1) is 11.3 Å². The van der Waals surface area contributed by atoms with Crippen LogP contribution in [0.2, 0.25) is 0 Å². The number of ether oxygens (including phenoxy) is 1. The van der Waals surface area contributed by atoms with Crippen molar-refractivity contribution in [1.29, 1.82) is 0 Å². The third-order valence-electron chi connectivity index (χ3n) is 4.76. The molecule has 0 spiro atoms. The Morgan fingerprint density at radius 2 is 1.85 bits per heavy atom. The number of carbonyl (C=O) groups is 3. The number of nitrogens with one attached hydrogen (secondary N) is 2. The van der Waals surface area contributed by atoms with Crippen LogP contribution in [0.1, 0.15) is 70.1 Å². The van der Waals surface area contributed by atoms with Gasteiger partial charge in [-0.2, -0.15) is 0 Å². The van der Waals surface area contributed by atoms with Crippen molar-refractivity contribution in [1.82, 2.24) is 15.5 Å². The van der Waals surface area contributed by atoms with Gasteiger partial charge in [0, 0.05) is 42.9 Å². The molecule has 0 radical (unpaired) electrons. The van der Waals surface area contributed by atoms with Crippen LogP contribution in [0.5, 0.6) is 0 Å². The van der Waals surface area contributed by atoms with Crippen LogP contribution >= 0.6 is 11.3 Å². The maximum atomic E-state index is 13.1. The lowest BCUT2D eigenvalue weighted by atomic mass is 10.1. The Morgan fingerprint density at radius 1 is 1.18 bits per heavy atom. The summed E-state index contributed by atoms with van der Waals surface area (Å²) in [6, 6.07) is 1.88. The van der Waals surface area contributed by atoms with Gasteiger partial charge in [0.25, 0.3) is 0 Å². The number of carbonyl (C=O) groups excluding carboxylic acids is 3. The summed E-state index contributed by atoms with van der Waals surface area (Å²) in [4.78, 5) is 45.0. The molecule has 0 saturated heterocycles. The minimum Gasteiger partial charge on any atom is -0.444 e. The molecule has 4 N–H and O–H groups in total. The average molecular weight is 492 g/mol. The lowest BCUT2D eigenvalue weighted by Crippen LogP contribution is -2.35. The van der Waals surface area contributed by atoms with E-state index in [1.807, 2.05) is 17.0 Å². The smallest absolute Gasteiger partial charge is 0.407 e. The molecular formula is C24H37N5O4S. The van der Waals surface area contributed by atoms with E-state index in [0.29, 0.717) is 43.2 Å². The highest BCUT2D eigenvalue weighted by atomic mass is 32.1. The van der Waals surface area contributed by atoms with Crippen molar-refractivity contribution in [3.8, 4) is 0 Å². The molecule has 0 atom stereocenters. The molecule has 3 amide bonds. The molecule has 9 nitrogen and oxygen atoms in total. The minimum atomic E-state index is -0.585. The molecular weight excluding hydrogens is 454 g/mol. The molecule has 0 aliphatic carbocycles. The predicted molar refractivity (Wildman–Crippen MR) is 136 cm³/mol. The molecule has 1 aromatic rings. The van der Waals surface area contributed by atoms with Gasteiger partial charge in [0.05, 0.1) is 17.1 Å². The number of amidine groups is 1. The van der Waals surface area contributed by atoms with E-state index in [4.69, 9.17) is 10.5 Å². The molecule has 2 rings (SSSR count). The van der Waals surface area contributed by atoms with Gasteiger partial charge in [-0.3, -0.25) is 9.59 Å². The molecule has 1 aromatic heterocycles. The number of aliphatic imine (C=N–C) groups is 1. The molecule has 2 heterocycles. The molecule has 1 aliphatic heterocycles. The molecule has 0 fully saturated rings. The Hall–Kier alpha value is -2.88. The zero-order chi connectivity index (χ0) is 25.3. The van der Waals surface area contributed by atoms with E-state index in [1.54, 1.807) is 20.8 Å². The number of hydrogen-bond donors (Lipinski definition) is 3. The van der Waals surface area contributed by atoms with E-state index < -0.39 is 11.7 Å². The average Bonchev–Trinajstić information content (AvgIpc) is 3.03. The second-order valence-corrected chi connectivity index (χ2v) is 10.3. The van der Waals surface area contributed by atoms with Crippen LogP contribution in [-0.4, -0.2) is 53.9 Å². The predicted octanol–water partition coefficient (Wildman–Crippen LogP) is 3.70. The van der Waals surface area contributed by atoms with Crippen molar-refractivity contribution in [2.75, 3.05) is 19.6 Å². The Bertz CT molecular complexity index is 940. The fourth-order valence-corrected chi connectivity index (χ4v) is 4.39. The quantitative estimate of drug-likeness (QED) is 0.460. The Balaban J connectivity index is 1.97. The highest BCUT2D eigenvalue weighted by Crippen LogP contribution is 2.34. The van der Waals surface area contributed by atoms with Gasteiger partial charge in [-0.05, 0) is 45.8 Å². The zero-order valence-electron chi connectivity index (χ0n) is 20.8. The van der Waals surface area contributed by atoms with Gasteiger partial charge >= 0.3 is 6.09 Å². The lowest BCUT2D eigenvalue weighted by Gasteiger charge is -2.22. The van der Waals surface area contributed by atoms with Gasteiger partial charge in [0.2, 0.25) is 11.8 Å². The van der Waals surface area contributed by atoms with Crippen molar-refractivity contribution < 1.29 is 19.1 Å². The minimum absolute atomic E-state index is 0.00422. The fraction of sp³-hybridized carbons (Fsp3) is 0.583. The monoisotopic (exact) mass is 491 g/mol. The van der Waals surface area contributed by atoms with Crippen molar-refractivity contribution in [3.05, 3.63) is 21.4 Å². The van der Waals surface area contributed by atoms with Gasteiger partial charge in [0.15, 0.2) is 0 Å². The normalized spacial score (nSPS) is 13.2. The Morgan fingerprint density at radius 3 is 2.47 bits per heavy atom.